The van der Waals surface area contributed by atoms with Gasteiger partial charge in [0.15, 0.2) is 0 Å². The highest BCUT2D eigenvalue weighted by atomic mass is 19.1. The first-order valence-electron chi connectivity index (χ1n) is 5.10. The molecule has 3 atom stereocenters. The van der Waals surface area contributed by atoms with Crippen LogP contribution in [0.1, 0.15) is 6.42 Å². The third kappa shape index (κ3) is 2.11. The van der Waals surface area contributed by atoms with Crippen LogP contribution in [0, 0.1) is 0 Å². The smallest absolute Gasteiger partial charge is 0.148 e. The van der Waals surface area contributed by atoms with Crippen molar-refractivity contribution >= 4 is 0 Å². The van der Waals surface area contributed by atoms with Crippen molar-refractivity contribution in [2.24, 2.45) is 0 Å². The highest BCUT2D eigenvalue weighted by Gasteiger charge is 2.44. The maximum Gasteiger partial charge on any atom is 0.148 e. The fourth-order valence-corrected chi connectivity index (χ4v) is 2.00. The van der Waals surface area contributed by atoms with Crippen LogP contribution in [0.2, 0.25) is 0 Å². The maximum absolute atomic E-state index is 13.7. The van der Waals surface area contributed by atoms with E-state index in [-0.39, 0.29) is 26.3 Å². The number of hydrogen-bond donors (Lipinski definition) is 1. The summed E-state index contributed by atoms with van der Waals surface area (Å²) in [6, 6.07) is 0. The van der Waals surface area contributed by atoms with E-state index >= 15 is 0 Å². The number of aliphatic hydroxyl groups excluding tert-OH is 1. The Labute approximate surface area is 92.7 Å². The van der Waals surface area contributed by atoms with Gasteiger partial charge in [-0.25, -0.2) is 4.39 Å². The van der Waals surface area contributed by atoms with Crippen molar-refractivity contribution in [1.82, 2.24) is 0 Å². The van der Waals surface area contributed by atoms with Crippen molar-refractivity contribution in [1.29, 1.82) is 0 Å². The lowest BCUT2D eigenvalue weighted by Gasteiger charge is -2.31. The lowest BCUT2D eigenvalue weighted by molar-refractivity contribution is -0.120. The van der Waals surface area contributed by atoms with Crippen LogP contribution in [-0.4, -0.2) is 50.7 Å². The quantitative estimate of drug-likeness (QED) is 0.711. The van der Waals surface area contributed by atoms with Crippen LogP contribution in [0.5, 0.6) is 0 Å². The molecule has 1 heterocycles. The molecule has 0 amide bonds. The molecule has 1 saturated heterocycles. The van der Waals surface area contributed by atoms with Gasteiger partial charge in [0.2, 0.25) is 0 Å². The summed E-state index contributed by atoms with van der Waals surface area (Å²) >= 11 is 0. The zero-order valence-electron chi connectivity index (χ0n) is 9.02. The van der Waals surface area contributed by atoms with E-state index in [9.17, 15) is 4.39 Å². The van der Waals surface area contributed by atoms with Gasteiger partial charge in [-0.3, -0.25) is 0 Å². The minimum Gasteiger partial charge on any atom is -0.392 e. The molecule has 1 N–H and O–H groups in total. The largest absolute Gasteiger partial charge is 0.392 e. The molecule has 0 aromatic heterocycles. The minimum atomic E-state index is -0.752. The van der Waals surface area contributed by atoms with Gasteiger partial charge < -0.3 is 24.1 Å². The lowest BCUT2D eigenvalue weighted by atomic mass is 9.91. The van der Waals surface area contributed by atoms with Crippen molar-refractivity contribution < 1.29 is 28.4 Å². The predicted octanol–water partition coefficient (Wildman–Crippen LogP) is 0.337. The van der Waals surface area contributed by atoms with Gasteiger partial charge in [0, 0.05) is 13.5 Å². The molecule has 2 aliphatic rings. The molecule has 16 heavy (non-hydrogen) atoms. The van der Waals surface area contributed by atoms with Crippen LogP contribution in [0.3, 0.4) is 0 Å². The molecule has 5 nitrogen and oxygen atoms in total. The third-order valence-electron chi connectivity index (χ3n) is 2.80. The maximum atomic E-state index is 13.7. The molecule has 0 saturated carbocycles. The van der Waals surface area contributed by atoms with E-state index in [2.05, 4.69) is 0 Å². The normalized spacial score (nSPS) is 34.3. The molecular weight excluding hydrogens is 219 g/mol. The van der Waals surface area contributed by atoms with Gasteiger partial charge in [-0.1, -0.05) is 0 Å². The van der Waals surface area contributed by atoms with Gasteiger partial charge in [0.25, 0.3) is 0 Å². The van der Waals surface area contributed by atoms with Crippen molar-refractivity contribution in [2.45, 2.75) is 24.7 Å². The Bertz CT molecular complexity index is 280. The van der Waals surface area contributed by atoms with Gasteiger partial charge in [-0.15, -0.1) is 0 Å². The highest BCUT2D eigenvalue weighted by molar-refractivity contribution is 5.21. The lowest BCUT2D eigenvalue weighted by Crippen LogP contribution is -2.42. The number of methoxy groups -OCH3 is 1. The van der Waals surface area contributed by atoms with Crippen LogP contribution in [-0.2, 0) is 18.9 Å². The molecule has 2 rings (SSSR count). The van der Waals surface area contributed by atoms with Gasteiger partial charge in [-0.2, -0.15) is 0 Å². The summed E-state index contributed by atoms with van der Waals surface area (Å²) in [6.45, 7) is -0.170. The minimum absolute atomic E-state index is 0.0499. The molecule has 1 aliphatic heterocycles. The average Bonchev–Trinajstić information content (AvgIpc) is 2.78. The fraction of sp³-hybridized carbons (Fsp3) is 0.800. The third-order valence-corrected chi connectivity index (χ3v) is 2.80. The Hall–Kier alpha value is -0.530. The first-order valence-corrected chi connectivity index (χ1v) is 5.10. The molecule has 0 bridgehead atoms. The second kappa shape index (κ2) is 5.20. The number of halogens is 1. The summed E-state index contributed by atoms with van der Waals surface area (Å²) < 4.78 is 34.3. The van der Waals surface area contributed by atoms with Crippen LogP contribution in [0.25, 0.3) is 0 Å². The topological polar surface area (TPSA) is 57.2 Å². The highest BCUT2D eigenvalue weighted by Crippen LogP contribution is 2.35. The summed E-state index contributed by atoms with van der Waals surface area (Å²) in [5.41, 5.74) is 0.313. The number of rotatable bonds is 4. The van der Waals surface area contributed by atoms with Crippen LogP contribution in [0.4, 0.5) is 4.39 Å². The number of ether oxygens (including phenoxy) is 4. The van der Waals surface area contributed by atoms with E-state index in [0.717, 1.165) is 0 Å². The van der Waals surface area contributed by atoms with E-state index in [1.54, 1.807) is 0 Å². The predicted molar refractivity (Wildman–Crippen MR) is 51.2 cm³/mol. The molecular formula is C10H15FO5. The summed E-state index contributed by atoms with van der Waals surface area (Å²) in [4.78, 5) is 0. The monoisotopic (exact) mass is 234 g/mol. The van der Waals surface area contributed by atoms with E-state index < -0.39 is 18.0 Å². The first kappa shape index (κ1) is 11.9. The number of aliphatic hydroxyl groups is 1. The van der Waals surface area contributed by atoms with Crippen LogP contribution >= 0.6 is 0 Å². The first-order chi connectivity index (χ1) is 7.77. The fourth-order valence-electron chi connectivity index (χ4n) is 2.00. The second-order valence-electron chi connectivity index (χ2n) is 3.76. The van der Waals surface area contributed by atoms with E-state index in [1.807, 2.05) is 0 Å². The van der Waals surface area contributed by atoms with Crippen molar-refractivity contribution in [3.8, 4) is 0 Å². The van der Waals surface area contributed by atoms with E-state index in [4.69, 9.17) is 24.1 Å². The summed E-state index contributed by atoms with van der Waals surface area (Å²) in [7, 11) is 1.51. The Kier molecular flexibility index (Phi) is 3.88. The molecule has 0 spiro atoms. The number of hydrogen-bond acceptors (Lipinski definition) is 5. The van der Waals surface area contributed by atoms with Gasteiger partial charge in [0.1, 0.15) is 31.6 Å². The second-order valence-corrected chi connectivity index (χ2v) is 3.76. The Morgan fingerprint density at radius 2 is 2.31 bits per heavy atom. The standard InChI is InChI=1S/C10H15FO5/c1-13-4-14-7-2-6(3-12)8(11)10-9(7)15-5-16-10/h7,9-10,12H,2-5H2,1H3/t7-,9+,10-/m1/s1. The zero-order chi connectivity index (χ0) is 11.5. The summed E-state index contributed by atoms with van der Waals surface area (Å²) in [6.07, 6.45) is -1.24. The van der Waals surface area contributed by atoms with Gasteiger partial charge in [0.05, 0.1) is 12.7 Å². The molecule has 6 heteroatoms. The van der Waals surface area contributed by atoms with Crippen molar-refractivity contribution in [2.75, 3.05) is 27.3 Å². The summed E-state index contributed by atoms with van der Waals surface area (Å²) in [5, 5.41) is 9.04. The number of fused-ring (bicyclic) bond motifs is 1. The molecule has 92 valence electrons. The summed E-state index contributed by atoms with van der Waals surface area (Å²) in [5.74, 6) is -0.428. The van der Waals surface area contributed by atoms with Gasteiger partial charge in [-0.05, 0) is 5.57 Å². The van der Waals surface area contributed by atoms with Crippen molar-refractivity contribution in [3.05, 3.63) is 11.4 Å². The van der Waals surface area contributed by atoms with Crippen molar-refractivity contribution in [3.63, 3.8) is 0 Å². The molecule has 1 fully saturated rings. The molecule has 0 aromatic carbocycles. The van der Waals surface area contributed by atoms with Crippen LogP contribution < -0.4 is 0 Å². The average molecular weight is 234 g/mol. The Balaban J connectivity index is 2.11. The Morgan fingerprint density at radius 1 is 1.50 bits per heavy atom. The van der Waals surface area contributed by atoms with Gasteiger partial charge >= 0.3 is 0 Å². The zero-order valence-corrected chi connectivity index (χ0v) is 9.02. The van der Waals surface area contributed by atoms with E-state index in [1.165, 1.54) is 7.11 Å². The Morgan fingerprint density at radius 3 is 3.00 bits per heavy atom. The SMILES string of the molecule is COCO[C@@H]1CC(CO)=C(F)[C@H]2OCO[C@H]21. The van der Waals surface area contributed by atoms with E-state index in [0.29, 0.717) is 12.0 Å². The molecule has 0 aromatic rings. The molecule has 1 aliphatic carbocycles. The molecule has 0 radical (unpaired) electrons. The van der Waals surface area contributed by atoms with Crippen LogP contribution in [0.15, 0.2) is 11.4 Å². The molecule has 0 unspecified atom stereocenters.